The highest BCUT2D eigenvalue weighted by Gasteiger charge is 2.19. The normalized spacial score (nSPS) is 21.9. The van der Waals surface area contributed by atoms with Crippen molar-refractivity contribution in [1.82, 2.24) is 10.6 Å². The Bertz CT molecular complexity index is 159. The molecule has 0 bridgehead atoms. The van der Waals surface area contributed by atoms with E-state index in [0.717, 1.165) is 13.1 Å². The van der Waals surface area contributed by atoms with Gasteiger partial charge in [-0.05, 0) is 13.0 Å². The molecule has 2 N–H and O–H groups in total. The Morgan fingerprint density at radius 3 is 2.92 bits per heavy atom. The molecule has 3 heteroatoms. The smallest absolute Gasteiger partial charge is 0.221 e. The second-order valence-corrected chi connectivity index (χ2v) is 3.72. The van der Waals surface area contributed by atoms with Crippen LogP contribution in [-0.2, 0) is 4.79 Å². The molecule has 1 saturated heterocycles. The standard InChI is InChI=1S/C10H20N2O/c1-2-3-4-5-6-11-9-7-10(13)12-8-9/h9,11H,2-8H2,1H3,(H,12,13). The molecule has 1 heterocycles. The molecule has 1 aliphatic heterocycles. The molecule has 1 fully saturated rings. The highest BCUT2D eigenvalue weighted by atomic mass is 16.1. The topological polar surface area (TPSA) is 41.1 Å². The lowest BCUT2D eigenvalue weighted by atomic mass is 10.2. The minimum absolute atomic E-state index is 0.186. The fourth-order valence-corrected chi connectivity index (χ4v) is 1.61. The third-order valence-corrected chi connectivity index (χ3v) is 2.44. The van der Waals surface area contributed by atoms with Gasteiger partial charge in [0.05, 0.1) is 0 Å². The van der Waals surface area contributed by atoms with E-state index in [1.807, 2.05) is 0 Å². The van der Waals surface area contributed by atoms with Gasteiger partial charge in [0.25, 0.3) is 0 Å². The number of hydrogen-bond donors (Lipinski definition) is 2. The lowest BCUT2D eigenvalue weighted by molar-refractivity contribution is -0.119. The van der Waals surface area contributed by atoms with Crippen molar-refractivity contribution in [3.05, 3.63) is 0 Å². The SMILES string of the molecule is CCCCCCNC1CNC(=O)C1. The monoisotopic (exact) mass is 184 g/mol. The molecule has 0 aromatic heterocycles. The van der Waals surface area contributed by atoms with Crippen molar-refractivity contribution in [2.75, 3.05) is 13.1 Å². The lowest BCUT2D eigenvalue weighted by Crippen LogP contribution is -2.31. The summed E-state index contributed by atoms with van der Waals surface area (Å²) in [7, 11) is 0. The Morgan fingerprint density at radius 2 is 2.31 bits per heavy atom. The van der Waals surface area contributed by atoms with Crippen LogP contribution in [0.5, 0.6) is 0 Å². The highest BCUT2D eigenvalue weighted by molar-refractivity contribution is 5.78. The van der Waals surface area contributed by atoms with Crippen LogP contribution in [0.4, 0.5) is 0 Å². The van der Waals surface area contributed by atoms with Crippen LogP contribution in [0.2, 0.25) is 0 Å². The van der Waals surface area contributed by atoms with E-state index in [1.54, 1.807) is 0 Å². The van der Waals surface area contributed by atoms with Gasteiger partial charge >= 0.3 is 0 Å². The predicted molar refractivity (Wildman–Crippen MR) is 53.6 cm³/mol. The molecule has 1 amide bonds. The summed E-state index contributed by atoms with van der Waals surface area (Å²) in [6, 6.07) is 0.383. The maximum absolute atomic E-state index is 10.8. The van der Waals surface area contributed by atoms with Crippen molar-refractivity contribution in [2.45, 2.75) is 45.1 Å². The van der Waals surface area contributed by atoms with Crippen LogP contribution < -0.4 is 10.6 Å². The summed E-state index contributed by atoms with van der Waals surface area (Å²) < 4.78 is 0. The number of rotatable bonds is 6. The summed E-state index contributed by atoms with van der Waals surface area (Å²) in [5.74, 6) is 0.186. The van der Waals surface area contributed by atoms with Gasteiger partial charge in [-0.25, -0.2) is 0 Å². The van der Waals surface area contributed by atoms with Gasteiger partial charge in [0.1, 0.15) is 0 Å². The minimum atomic E-state index is 0.186. The van der Waals surface area contributed by atoms with Gasteiger partial charge in [-0.3, -0.25) is 4.79 Å². The van der Waals surface area contributed by atoms with Crippen molar-refractivity contribution in [3.63, 3.8) is 0 Å². The first-order valence-electron chi connectivity index (χ1n) is 5.33. The zero-order valence-corrected chi connectivity index (χ0v) is 8.44. The molecular weight excluding hydrogens is 164 g/mol. The molecule has 0 aromatic carbocycles. The molecule has 1 atom stereocenters. The first kappa shape index (κ1) is 10.5. The fraction of sp³-hybridized carbons (Fsp3) is 0.900. The molecular formula is C10H20N2O. The van der Waals surface area contributed by atoms with Crippen LogP contribution in [0.25, 0.3) is 0 Å². The number of carbonyl (C=O) groups excluding carboxylic acids is 1. The number of amides is 1. The van der Waals surface area contributed by atoms with Crippen molar-refractivity contribution in [3.8, 4) is 0 Å². The van der Waals surface area contributed by atoms with Gasteiger partial charge in [0.15, 0.2) is 0 Å². The summed E-state index contributed by atoms with van der Waals surface area (Å²) in [6.45, 7) is 4.08. The van der Waals surface area contributed by atoms with E-state index in [4.69, 9.17) is 0 Å². The second-order valence-electron chi connectivity index (χ2n) is 3.72. The number of carbonyl (C=O) groups is 1. The average molecular weight is 184 g/mol. The average Bonchev–Trinajstić information content (AvgIpc) is 2.51. The maximum Gasteiger partial charge on any atom is 0.221 e. The Hall–Kier alpha value is -0.570. The van der Waals surface area contributed by atoms with Crippen molar-refractivity contribution in [2.24, 2.45) is 0 Å². The second kappa shape index (κ2) is 5.97. The summed E-state index contributed by atoms with van der Waals surface area (Å²) in [5, 5.41) is 6.21. The Labute approximate surface area is 80.3 Å². The Morgan fingerprint density at radius 1 is 1.46 bits per heavy atom. The molecule has 76 valence electrons. The van der Waals surface area contributed by atoms with Gasteiger partial charge in [-0.2, -0.15) is 0 Å². The first-order valence-corrected chi connectivity index (χ1v) is 5.33. The number of nitrogens with one attached hydrogen (secondary N) is 2. The van der Waals surface area contributed by atoms with Crippen LogP contribution in [0.1, 0.15) is 39.0 Å². The summed E-state index contributed by atoms with van der Waals surface area (Å²) >= 11 is 0. The van der Waals surface area contributed by atoms with Crippen molar-refractivity contribution < 1.29 is 4.79 Å². The highest BCUT2D eigenvalue weighted by Crippen LogP contribution is 2.01. The first-order chi connectivity index (χ1) is 6.33. The van der Waals surface area contributed by atoms with E-state index < -0.39 is 0 Å². The number of hydrogen-bond acceptors (Lipinski definition) is 2. The molecule has 1 aliphatic rings. The van der Waals surface area contributed by atoms with Crippen LogP contribution in [0.15, 0.2) is 0 Å². The van der Waals surface area contributed by atoms with Crippen LogP contribution in [0, 0.1) is 0 Å². The van der Waals surface area contributed by atoms with Crippen LogP contribution in [0.3, 0.4) is 0 Å². The molecule has 13 heavy (non-hydrogen) atoms. The maximum atomic E-state index is 10.8. The van der Waals surface area contributed by atoms with E-state index in [9.17, 15) is 4.79 Å². The summed E-state index contributed by atoms with van der Waals surface area (Å²) in [6.07, 6.45) is 5.80. The Kier molecular flexibility index (Phi) is 4.83. The van der Waals surface area contributed by atoms with E-state index in [1.165, 1.54) is 25.7 Å². The molecule has 1 unspecified atom stereocenters. The van der Waals surface area contributed by atoms with Gasteiger partial charge < -0.3 is 10.6 Å². The molecule has 0 spiro atoms. The third-order valence-electron chi connectivity index (χ3n) is 2.44. The number of unbranched alkanes of at least 4 members (excludes halogenated alkanes) is 3. The fourth-order valence-electron chi connectivity index (χ4n) is 1.61. The van der Waals surface area contributed by atoms with E-state index in [0.29, 0.717) is 12.5 Å². The van der Waals surface area contributed by atoms with Crippen molar-refractivity contribution in [1.29, 1.82) is 0 Å². The van der Waals surface area contributed by atoms with Crippen molar-refractivity contribution >= 4 is 5.91 Å². The van der Waals surface area contributed by atoms with E-state index in [-0.39, 0.29) is 5.91 Å². The van der Waals surface area contributed by atoms with Crippen LogP contribution in [-0.4, -0.2) is 25.0 Å². The molecule has 0 aromatic rings. The molecule has 0 saturated carbocycles. The van der Waals surface area contributed by atoms with Gasteiger partial charge in [0, 0.05) is 19.0 Å². The third kappa shape index (κ3) is 4.27. The summed E-state index contributed by atoms with van der Waals surface area (Å²) in [4.78, 5) is 10.8. The predicted octanol–water partition coefficient (Wildman–Crippen LogP) is 1.04. The van der Waals surface area contributed by atoms with Crippen LogP contribution >= 0.6 is 0 Å². The van der Waals surface area contributed by atoms with Gasteiger partial charge in [-0.1, -0.05) is 26.2 Å². The molecule has 0 radical (unpaired) electrons. The molecule has 0 aliphatic carbocycles. The minimum Gasteiger partial charge on any atom is -0.354 e. The largest absolute Gasteiger partial charge is 0.354 e. The van der Waals surface area contributed by atoms with Gasteiger partial charge in [-0.15, -0.1) is 0 Å². The zero-order chi connectivity index (χ0) is 9.52. The van der Waals surface area contributed by atoms with E-state index >= 15 is 0 Å². The lowest BCUT2D eigenvalue weighted by Gasteiger charge is -2.09. The van der Waals surface area contributed by atoms with Gasteiger partial charge in [0.2, 0.25) is 5.91 Å². The summed E-state index contributed by atoms with van der Waals surface area (Å²) in [5.41, 5.74) is 0. The van der Waals surface area contributed by atoms with E-state index in [2.05, 4.69) is 17.6 Å². The Balaban J connectivity index is 1.91. The molecule has 3 nitrogen and oxygen atoms in total. The molecule has 1 rings (SSSR count). The quantitative estimate of drug-likeness (QED) is 0.606. The zero-order valence-electron chi connectivity index (χ0n) is 8.44.